The molecule has 0 N–H and O–H groups in total. The van der Waals surface area contributed by atoms with Crippen molar-refractivity contribution in [1.29, 1.82) is 0 Å². The summed E-state index contributed by atoms with van der Waals surface area (Å²) in [5, 5.41) is 1.23. The fraction of sp³-hybridized carbons (Fsp3) is 0.222. The lowest BCUT2D eigenvalue weighted by molar-refractivity contribution is -0.156. The quantitative estimate of drug-likeness (QED) is 0.313. The van der Waals surface area contributed by atoms with E-state index in [4.69, 9.17) is 9.47 Å². The molecule has 180 valence electrons. The van der Waals surface area contributed by atoms with Crippen LogP contribution in [0.15, 0.2) is 65.6 Å². The van der Waals surface area contributed by atoms with Crippen molar-refractivity contribution in [3.63, 3.8) is 0 Å². The summed E-state index contributed by atoms with van der Waals surface area (Å²) >= 11 is 0.763. The van der Waals surface area contributed by atoms with E-state index < -0.39 is 29.3 Å². The van der Waals surface area contributed by atoms with Crippen LogP contribution in [-0.4, -0.2) is 34.2 Å². The molecular formula is C27H24FNO5S. The van der Waals surface area contributed by atoms with E-state index in [-0.39, 0.29) is 17.3 Å². The smallest absolute Gasteiger partial charge is 0.326 e. The number of amides is 2. The van der Waals surface area contributed by atoms with E-state index in [0.29, 0.717) is 11.3 Å². The van der Waals surface area contributed by atoms with Crippen molar-refractivity contribution in [2.45, 2.75) is 33.0 Å². The zero-order valence-electron chi connectivity index (χ0n) is 19.5. The molecule has 0 unspecified atom stereocenters. The third kappa shape index (κ3) is 5.89. The van der Waals surface area contributed by atoms with Gasteiger partial charge < -0.3 is 9.47 Å². The monoisotopic (exact) mass is 493 g/mol. The summed E-state index contributed by atoms with van der Waals surface area (Å²) < 4.78 is 24.5. The van der Waals surface area contributed by atoms with Crippen LogP contribution in [0.5, 0.6) is 5.75 Å². The van der Waals surface area contributed by atoms with Crippen LogP contribution >= 0.6 is 11.8 Å². The third-order valence-electron chi connectivity index (χ3n) is 5.09. The highest BCUT2D eigenvalue weighted by Crippen LogP contribution is 2.37. The summed E-state index contributed by atoms with van der Waals surface area (Å²) in [7, 11) is 0. The van der Waals surface area contributed by atoms with Crippen LogP contribution in [-0.2, 0) is 20.9 Å². The molecule has 0 spiro atoms. The molecule has 3 aromatic carbocycles. The zero-order valence-corrected chi connectivity index (χ0v) is 20.4. The van der Waals surface area contributed by atoms with Crippen molar-refractivity contribution in [2.24, 2.45) is 0 Å². The lowest BCUT2D eigenvalue weighted by atomic mass is 10.0. The second-order valence-electron chi connectivity index (χ2n) is 8.97. The predicted octanol–water partition coefficient (Wildman–Crippen LogP) is 5.94. The summed E-state index contributed by atoms with van der Waals surface area (Å²) in [6.07, 6.45) is 1.61. The largest absolute Gasteiger partial charge is 0.488 e. The lowest BCUT2D eigenvalue weighted by Gasteiger charge is -2.21. The van der Waals surface area contributed by atoms with Crippen LogP contribution < -0.4 is 4.74 Å². The van der Waals surface area contributed by atoms with Crippen LogP contribution in [0.25, 0.3) is 16.8 Å². The summed E-state index contributed by atoms with van der Waals surface area (Å²) in [5.41, 5.74) is 0.685. The van der Waals surface area contributed by atoms with Crippen molar-refractivity contribution in [1.82, 2.24) is 4.90 Å². The number of carbonyl (C=O) groups excluding carboxylic acids is 3. The molecule has 4 rings (SSSR count). The Bertz CT molecular complexity index is 1330. The van der Waals surface area contributed by atoms with Crippen molar-refractivity contribution in [3.05, 3.63) is 82.5 Å². The molecule has 0 saturated carbocycles. The molecule has 1 aliphatic heterocycles. The Hall–Kier alpha value is -3.65. The van der Waals surface area contributed by atoms with Gasteiger partial charge in [0.25, 0.3) is 11.1 Å². The first kappa shape index (κ1) is 24.5. The molecule has 0 aliphatic carbocycles. The summed E-state index contributed by atoms with van der Waals surface area (Å²) in [5.74, 6) is -1.05. The number of nitrogens with zero attached hydrogens (tertiary/aromatic N) is 1. The predicted molar refractivity (Wildman–Crippen MR) is 133 cm³/mol. The number of hydrogen-bond donors (Lipinski definition) is 0. The Morgan fingerprint density at radius 1 is 1.03 bits per heavy atom. The minimum Gasteiger partial charge on any atom is -0.488 e. The standard InChI is InChI=1S/C27H24FNO5S/c1-27(2,3)34-24(30)15-29-25(31)23(35-26(29)32)14-21-20-7-5-4-6-18(20)10-13-22(21)33-16-17-8-11-19(28)12-9-17/h4-14H,15-16H2,1-3H3. The normalized spacial score (nSPS) is 15.2. The summed E-state index contributed by atoms with van der Waals surface area (Å²) in [6.45, 7) is 4.88. The molecular weight excluding hydrogens is 469 g/mol. The number of thioether (sulfide) groups is 1. The Morgan fingerprint density at radius 3 is 2.46 bits per heavy atom. The molecule has 0 atom stereocenters. The van der Waals surface area contributed by atoms with Crippen molar-refractivity contribution < 1.29 is 28.2 Å². The van der Waals surface area contributed by atoms with Gasteiger partial charge in [0.2, 0.25) is 0 Å². The minimum atomic E-state index is -0.728. The number of halogens is 1. The zero-order chi connectivity index (χ0) is 25.2. The van der Waals surface area contributed by atoms with E-state index in [1.54, 1.807) is 45.0 Å². The SMILES string of the molecule is CC(C)(C)OC(=O)CN1C(=O)SC(=Cc2c(OCc3ccc(F)cc3)ccc3ccccc23)C1=O. The molecule has 0 aromatic heterocycles. The molecule has 1 aliphatic rings. The number of benzene rings is 3. The number of carbonyl (C=O) groups is 3. The van der Waals surface area contributed by atoms with E-state index in [0.717, 1.165) is 33.0 Å². The molecule has 6 nitrogen and oxygen atoms in total. The Balaban J connectivity index is 1.64. The number of hydrogen-bond acceptors (Lipinski definition) is 6. The van der Waals surface area contributed by atoms with Crippen LogP contribution in [0, 0.1) is 5.82 Å². The fourth-order valence-corrected chi connectivity index (χ4v) is 4.38. The number of imide groups is 1. The topological polar surface area (TPSA) is 72.9 Å². The maximum absolute atomic E-state index is 13.2. The molecule has 0 bridgehead atoms. The Labute approximate surface area is 206 Å². The van der Waals surface area contributed by atoms with Gasteiger partial charge in [0.05, 0.1) is 4.91 Å². The van der Waals surface area contributed by atoms with Gasteiger partial charge in [-0.2, -0.15) is 0 Å². The summed E-state index contributed by atoms with van der Waals surface area (Å²) in [4.78, 5) is 38.8. The van der Waals surface area contributed by atoms with Gasteiger partial charge in [0.1, 0.15) is 30.3 Å². The first-order valence-electron chi connectivity index (χ1n) is 11.0. The van der Waals surface area contributed by atoms with Crippen LogP contribution in [0.1, 0.15) is 31.9 Å². The molecule has 35 heavy (non-hydrogen) atoms. The number of esters is 1. The van der Waals surface area contributed by atoms with Gasteiger partial charge in [-0.05, 0) is 73.1 Å². The van der Waals surface area contributed by atoms with E-state index in [9.17, 15) is 18.8 Å². The summed E-state index contributed by atoms with van der Waals surface area (Å²) in [6, 6.07) is 17.3. The van der Waals surface area contributed by atoms with Gasteiger partial charge in [-0.3, -0.25) is 19.3 Å². The van der Waals surface area contributed by atoms with Gasteiger partial charge in [-0.25, -0.2) is 4.39 Å². The highest BCUT2D eigenvalue weighted by Gasteiger charge is 2.37. The van der Waals surface area contributed by atoms with Gasteiger partial charge in [-0.15, -0.1) is 0 Å². The molecule has 1 saturated heterocycles. The first-order chi connectivity index (χ1) is 16.6. The molecule has 2 amide bonds. The van der Waals surface area contributed by atoms with Gasteiger partial charge in [-0.1, -0.05) is 42.5 Å². The average Bonchev–Trinajstić information content (AvgIpc) is 3.05. The average molecular weight is 494 g/mol. The second kappa shape index (κ2) is 9.92. The van der Waals surface area contributed by atoms with E-state index in [1.165, 1.54) is 12.1 Å². The Morgan fingerprint density at radius 2 is 1.74 bits per heavy atom. The maximum Gasteiger partial charge on any atom is 0.326 e. The molecule has 1 heterocycles. The lowest BCUT2D eigenvalue weighted by Crippen LogP contribution is -2.37. The molecule has 3 aromatic rings. The van der Waals surface area contributed by atoms with Gasteiger partial charge in [0.15, 0.2) is 0 Å². The van der Waals surface area contributed by atoms with Gasteiger partial charge in [0, 0.05) is 5.56 Å². The van der Waals surface area contributed by atoms with E-state index >= 15 is 0 Å². The first-order valence-corrected chi connectivity index (χ1v) is 11.8. The third-order valence-corrected chi connectivity index (χ3v) is 6.00. The van der Waals surface area contributed by atoms with E-state index in [1.807, 2.05) is 30.3 Å². The molecule has 1 fully saturated rings. The van der Waals surface area contributed by atoms with Gasteiger partial charge >= 0.3 is 5.97 Å². The fourth-order valence-electron chi connectivity index (χ4n) is 3.56. The van der Waals surface area contributed by atoms with E-state index in [2.05, 4.69) is 0 Å². The maximum atomic E-state index is 13.2. The second-order valence-corrected chi connectivity index (χ2v) is 9.96. The molecule has 0 radical (unpaired) electrons. The van der Waals surface area contributed by atoms with Crippen molar-refractivity contribution in [2.75, 3.05) is 6.54 Å². The van der Waals surface area contributed by atoms with Crippen molar-refractivity contribution >= 4 is 45.7 Å². The Kier molecular flexibility index (Phi) is 6.93. The minimum absolute atomic E-state index is 0.182. The number of ether oxygens (including phenoxy) is 2. The molecule has 8 heteroatoms. The highest BCUT2D eigenvalue weighted by molar-refractivity contribution is 8.18. The van der Waals surface area contributed by atoms with Crippen LogP contribution in [0.2, 0.25) is 0 Å². The van der Waals surface area contributed by atoms with Crippen LogP contribution in [0.3, 0.4) is 0 Å². The van der Waals surface area contributed by atoms with Crippen molar-refractivity contribution in [3.8, 4) is 5.75 Å². The number of fused-ring (bicyclic) bond motifs is 1. The van der Waals surface area contributed by atoms with Crippen LogP contribution in [0.4, 0.5) is 9.18 Å². The highest BCUT2D eigenvalue weighted by atomic mass is 32.2. The number of rotatable bonds is 6.